The summed E-state index contributed by atoms with van der Waals surface area (Å²) in [5.74, 6) is 0.519. The summed E-state index contributed by atoms with van der Waals surface area (Å²) in [6.45, 7) is 6.70. The zero-order valence-corrected chi connectivity index (χ0v) is 10.8. The molecule has 0 amide bonds. The summed E-state index contributed by atoms with van der Waals surface area (Å²) >= 11 is 1.81. The molecule has 1 aromatic heterocycles. The first-order valence-electron chi connectivity index (χ1n) is 6.00. The van der Waals surface area contributed by atoms with Gasteiger partial charge in [0.05, 0.1) is 11.6 Å². The van der Waals surface area contributed by atoms with Crippen LogP contribution < -0.4 is 0 Å². The normalized spacial score (nSPS) is 22.1. The van der Waals surface area contributed by atoms with Crippen molar-refractivity contribution in [3.8, 4) is 0 Å². The Morgan fingerprint density at radius 1 is 1.62 bits per heavy atom. The van der Waals surface area contributed by atoms with Crippen molar-refractivity contribution in [1.29, 1.82) is 0 Å². The third kappa shape index (κ3) is 2.62. The van der Waals surface area contributed by atoms with Crippen molar-refractivity contribution in [2.45, 2.75) is 45.2 Å². The Morgan fingerprint density at radius 2 is 2.44 bits per heavy atom. The lowest BCUT2D eigenvalue weighted by molar-refractivity contribution is 0.154. The second-order valence-electron chi connectivity index (χ2n) is 4.77. The molecule has 1 aliphatic rings. The Kier molecular flexibility index (Phi) is 3.95. The maximum Gasteiger partial charge on any atom is 0.0953 e. The van der Waals surface area contributed by atoms with Crippen LogP contribution in [-0.2, 0) is 6.54 Å². The number of thiazole rings is 1. The molecule has 0 bridgehead atoms. The van der Waals surface area contributed by atoms with E-state index in [-0.39, 0.29) is 6.61 Å². The zero-order chi connectivity index (χ0) is 11.5. The van der Waals surface area contributed by atoms with Crippen LogP contribution in [0.1, 0.15) is 42.5 Å². The van der Waals surface area contributed by atoms with Gasteiger partial charge in [-0.25, -0.2) is 4.98 Å². The van der Waals surface area contributed by atoms with E-state index in [1.165, 1.54) is 16.3 Å². The largest absolute Gasteiger partial charge is 0.395 e. The van der Waals surface area contributed by atoms with Crippen molar-refractivity contribution < 1.29 is 5.11 Å². The lowest BCUT2D eigenvalue weighted by atomic mass is 10.2. The van der Waals surface area contributed by atoms with Crippen molar-refractivity contribution in [3.05, 3.63) is 16.1 Å². The van der Waals surface area contributed by atoms with Gasteiger partial charge in [0, 0.05) is 29.6 Å². The summed E-state index contributed by atoms with van der Waals surface area (Å²) < 4.78 is 0. The van der Waals surface area contributed by atoms with Crippen LogP contribution in [0.5, 0.6) is 0 Å². The minimum atomic E-state index is 0.288. The molecule has 4 heteroatoms. The van der Waals surface area contributed by atoms with Crippen molar-refractivity contribution >= 4 is 11.3 Å². The van der Waals surface area contributed by atoms with Crippen LogP contribution in [-0.4, -0.2) is 34.2 Å². The van der Waals surface area contributed by atoms with E-state index >= 15 is 0 Å². The molecule has 90 valence electrons. The molecule has 0 radical (unpaired) electrons. The average Bonchev–Trinajstić information content (AvgIpc) is 2.87. The monoisotopic (exact) mass is 240 g/mol. The minimum absolute atomic E-state index is 0.288. The van der Waals surface area contributed by atoms with Crippen molar-refractivity contribution in [3.63, 3.8) is 0 Å². The third-order valence-electron chi connectivity index (χ3n) is 3.13. The van der Waals surface area contributed by atoms with Gasteiger partial charge < -0.3 is 5.11 Å². The summed E-state index contributed by atoms with van der Waals surface area (Å²) in [6.07, 6.45) is 4.33. The Morgan fingerprint density at radius 3 is 3.06 bits per heavy atom. The standard InChI is InChI=1S/C12H20N2OS/c1-9(2)12-13-6-11(16-12)7-14-5-3-4-10(14)8-15/h6,9-10,15H,3-5,7-8H2,1-2H3/t10-/m1/s1. The molecule has 1 atom stereocenters. The molecule has 16 heavy (non-hydrogen) atoms. The van der Waals surface area contributed by atoms with Crippen LogP contribution in [0.2, 0.25) is 0 Å². The summed E-state index contributed by atoms with van der Waals surface area (Å²) in [6, 6.07) is 0.365. The molecule has 0 spiro atoms. The number of hydrogen-bond donors (Lipinski definition) is 1. The fourth-order valence-electron chi connectivity index (χ4n) is 2.17. The number of nitrogens with zero attached hydrogens (tertiary/aromatic N) is 2. The predicted molar refractivity (Wildman–Crippen MR) is 66.7 cm³/mol. The van der Waals surface area contributed by atoms with Gasteiger partial charge in [-0.3, -0.25) is 4.90 Å². The fourth-order valence-corrected chi connectivity index (χ4v) is 3.12. The molecule has 1 saturated heterocycles. The molecule has 1 fully saturated rings. The lowest BCUT2D eigenvalue weighted by Crippen LogP contribution is -2.31. The van der Waals surface area contributed by atoms with Gasteiger partial charge >= 0.3 is 0 Å². The highest BCUT2D eigenvalue weighted by molar-refractivity contribution is 7.11. The quantitative estimate of drug-likeness (QED) is 0.876. The van der Waals surface area contributed by atoms with Crippen LogP contribution in [0, 0.1) is 0 Å². The second kappa shape index (κ2) is 5.25. The number of rotatable bonds is 4. The van der Waals surface area contributed by atoms with Gasteiger partial charge in [0.15, 0.2) is 0 Å². The van der Waals surface area contributed by atoms with Crippen LogP contribution >= 0.6 is 11.3 Å². The number of aromatic nitrogens is 1. The first-order chi connectivity index (χ1) is 7.70. The minimum Gasteiger partial charge on any atom is -0.395 e. The summed E-state index contributed by atoms with van der Waals surface area (Å²) in [4.78, 5) is 8.13. The van der Waals surface area contributed by atoms with E-state index in [0.717, 1.165) is 19.5 Å². The molecular formula is C12H20N2OS. The first-order valence-corrected chi connectivity index (χ1v) is 6.82. The highest BCUT2D eigenvalue weighted by atomic mass is 32.1. The molecule has 2 heterocycles. The molecule has 3 nitrogen and oxygen atoms in total. The van der Waals surface area contributed by atoms with E-state index in [2.05, 4.69) is 23.7 Å². The zero-order valence-electron chi connectivity index (χ0n) is 10.0. The maximum atomic E-state index is 9.25. The topological polar surface area (TPSA) is 36.4 Å². The predicted octanol–water partition coefficient (Wildman–Crippen LogP) is 2.22. The summed E-state index contributed by atoms with van der Waals surface area (Å²) in [5.41, 5.74) is 0. The summed E-state index contributed by atoms with van der Waals surface area (Å²) in [7, 11) is 0. The molecule has 1 aliphatic heterocycles. The SMILES string of the molecule is CC(C)c1ncc(CN2CCC[C@@H]2CO)s1. The van der Waals surface area contributed by atoms with Gasteiger partial charge in [0.1, 0.15) is 0 Å². The van der Waals surface area contributed by atoms with Gasteiger partial charge in [-0.2, -0.15) is 0 Å². The molecule has 0 saturated carbocycles. The van der Waals surface area contributed by atoms with E-state index in [1.54, 1.807) is 11.3 Å². The van der Waals surface area contributed by atoms with Crippen LogP contribution in [0.4, 0.5) is 0 Å². The maximum absolute atomic E-state index is 9.25. The van der Waals surface area contributed by atoms with Crippen LogP contribution in [0.3, 0.4) is 0 Å². The Balaban J connectivity index is 1.97. The Hall–Kier alpha value is -0.450. The number of likely N-dealkylation sites (tertiary alicyclic amines) is 1. The van der Waals surface area contributed by atoms with Gasteiger partial charge in [0.25, 0.3) is 0 Å². The molecule has 0 aliphatic carbocycles. The highest BCUT2D eigenvalue weighted by Gasteiger charge is 2.24. The molecule has 0 aromatic carbocycles. The third-order valence-corrected chi connectivity index (χ3v) is 4.42. The van der Waals surface area contributed by atoms with E-state index in [4.69, 9.17) is 0 Å². The van der Waals surface area contributed by atoms with Crippen LogP contribution in [0.15, 0.2) is 6.20 Å². The van der Waals surface area contributed by atoms with E-state index in [0.29, 0.717) is 12.0 Å². The Labute approximate surface area is 101 Å². The first kappa shape index (κ1) is 12.0. The average molecular weight is 240 g/mol. The lowest BCUT2D eigenvalue weighted by Gasteiger charge is -2.21. The smallest absolute Gasteiger partial charge is 0.0953 e. The molecule has 1 N–H and O–H groups in total. The van der Waals surface area contributed by atoms with Gasteiger partial charge in [-0.15, -0.1) is 11.3 Å². The molecule has 0 unspecified atom stereocenters. The number of hydrogen-bond acceptors (Lipinski definition) is 4. The van der Waals surface area contributed by atoms with E-state index in [1.807, 2.05) is 6.20 Å². The molecule has 1 aromatic rings. The van der Waals surface area contributed by atoms with Gasteiger partial charge in [0.2, 0.25) is 0 Å². The van der Waals surface area contributed by atoms with Crippen molar-refractivity contribution in [2.24, 2.45) is 0 Å². The van der Waals surface area contributed by atoms with Gasteiger partial charge in [-0.05, 0) is 19.4 Å². The fraction of sp³-hybridized carbons (Fsp3) is 0.750. The summed E-state index contributed by atoms with van der Waals surface area (Å²) in [5, 5.41) is 10.5. The highest BCUT2D eigenvalue weighted by Crippen LogP contribution is 2.25. The van der Waals surface area contributed by atoms with Crippen molar-refractivity contribution in [2.75, 3.05) is 13.2 Å². The number of aliphatic hydroxyl groups is 1. The van der Waals surface area contributed by atoms with Crippen molar-refractivity contribution in [1.82, 2.24) is 9.88 Å². The van der Waals surface area contributed by atoms with Crippen LogP contribution in [0.25, 0.3) is 0 Å². The van der Waals surface area contributed by atoms with E-state index in [9.17, 15) is 5.11 Å². The Bertz CT molecular complexity index is 338. The number of aliphatic hydroxyl groups excluding tert-OH is 1. The van der Waals surface area contributed by atoms with Gasteiger partial charge in [-0.1, -0.05) is 13.8 Å². The molecular weight excluding hydrogens is 220 g/mol. The molecule has 2 rings (SSSR count). The second-order valence-corrected chi connectivity index (χ2v) is 5.92. The van der Waals surface area contributed by atoms with E-state index < -0.39 is 0 Å².